The number of aryl methyl sites for hydroxylation is 1. The number of rotatable bonds is 0. The largest absolute Gasteiger partial charge is 0.248 e. The summed E-state index contributed by atoms with van der Waals surface area (Å²) in [6.45, 7) is 1.85. The fourth-order valence-corrected chi connectivity index (χ4v) is 1.07. The highest BCUT2D eigenvalue weighted by atomic mass is 35.5. The summed E-state index contributed by atoms with van der Waals surface area (Å²) in [5.74, 6) is 0. The predicted octanol–water partition coefficient (Wildman–Crippen LogP) is 1.38. The van der Waals surface area contributed by atoms with Crippen LogP contribution in [0.15, 0.2) is 12.5 Å². The third kappa shape index (κ3) is 1.10. The molecule has 0 aliphatic rings. The van der Waals surface area contributed by atoms with Crippen molar-refractivity contribution in [1.29, 1.82) is 0 Å². The van der Waals surface area contributed by atoms with Crippen LogP contribution in [0.1, 0.15) is 5.69 Å². The lowest BCUT2D eigenvalue weighted by Crippen LogP contribution is -1.92. The third-order valence-electron chi connectivity index (χ3n) is 1.42. The third-order valence-corrected chi connectivity index (χ3v) is 1.70. The minimum atomic E-state index is 0.340. The second kappa shape index (κ2) is 2.64. The lowest BCUT2D eigenvalue weighted by molar-refractivity contribution is 1.11. The van der Waals surface area contributed by atoms with E-state index < -0.39 is 0 Å². The number of hydrogen-bond acceptors (Lipinski definition) is 4. The molecule has 0 aromatic carbocycles. The van der Waals surface area contributed by atoms with E-state index in [4.69, 9.17) is 11.6 Å². The van der Waals surface area contributed by atoms with Gasteiger partial charge in [-0.3, -0.25) is 0 Å². The fourth-order valence-electron chi connectivity index (χ4n) is 0.895. The molecule has 60 valence electrons. The van der Waals surface area contributed by atoms with Gasteiger partial charge in [0.05, 0.1) is 5.69 Å². The molecule has 0 radical (unpaired) electrons. The van der Waals surface area contributed by atoms with Gasteiger partial charge in [0.2, 0.25) is 0 Å². The molecule has 2 heterocycles. The van der Waals surface area contributed by atoms with Crippen LogP contribution in [-0.4, -0.2) is 19.9 Å². The number of aromatic nitrogens is 4. The van der Waals surface area contributed by atoms with Gasteiger partial charge in [-0.2, -0.15) is 0 Å². The molecule has 0 saturated heterocycles. The van der Waals surface area contributed by atoms with Gasteiger partial charge in [0.25, 0.3) is 0 Å². The Kier molecular flexibility index (Phi) is 1.62. The van der Waals surface area contributed by atoms with Crippen LogP contribution in [0.5, 0.6) is 0 Å². The Morgan fingerprint density at radius 1 is 1.25 bits per heavy atom. The van der Waals surface area contributed by atoms with Crippen molar-refractivity contribution in [2.45, 2.75) is 6.92 Å². The summed E-state index contributed by atoms with van der Waals surface area (Å²) in [5, 5.41) is 0.340. The zero-order valence-corrected chi connectivity index (χ0v) is 7.08. The first-order chi connectivity index (χ1) is 5.77. The number of fused-ring (bicyclic) bond motifs is 1. The standard InChI is InChI=1S/C7H5ClN4/c1-4-2-9-5-6(8)10-3-11-7(5)12-4/h2-3H,1H3. The van der Waals surface area contributed by atoms with Crippen LogP contribution in [-0.2, 0) is 0 Å². The van der Waals surface area contributed by atoms with Crippen molar-refractivity contribution in [1.82, 2.24) is 19.9 Å². The first-order valence-corrected chi connectivity index (χ1v) is 3.75. The van der Waals surface area contributed by atoms with E-state index in [9.17, 15) is 0 Å². The van der Waals surface area contributed by atoms with Gasteiger partial charge in [0.1, 0.15) is 11.8 Å². The highest BCUT2D eigenvalue weighted by molar-refractivity contribution is 6.33. The topological polar surface area (TPSA) is 51.6 Å². The Bertz CT molecular complexity index is 429. The molecule has 0 aliphatic carbocycles. The first kappa shape index (κ1) is 7.36. The van der Waals surface area contributed by atoms with E-state index in [0.29, 0.717) is 16.3 Å². The van der Waals surface area contributed by atoms with Crippen molar-refractivity contribution in [3.63, 3.8) is 0 Å². The molecular weight excluding hydrogens is 176 g/mol. The van der Waals surface area contributed by atoms with Gasteiger partial charge in [0.15, 0.2) is 10.8 Å². The van der Waals surface area contributed by atoms with E-state index in [1.54, 1.807) is 6.20 Å². The minimum absolute atomic E-state index is 0.340. The van der Waals surface area contributed by atoms with E-state index in [2.05, 4.69) is 19.9 Å². The Labute approximate surface area is 73.7 Å². The van der Waals surface area contributed by atoms with Gasteiger partial charge in [0, 0.05) is 6.20 Å². The molecule has 4 nitrogen and oxygen atoms in total. The van der Waals surface area contributed by atoms with Crippen molar-refractivity contribution in [2.75, 3.05) is 0 Å². The van der Waals surface area contributed by atoms with Gasteiger partial charge in [-0.1, -0.05) is 11.6 Å². The summed E-state index contributed by atoms with van der Waals surface area (Å²) in [6, 6.07) is 0. The maximum absolute atomic E-state index is 5.76. The van der Waals surface area contributed by atoms with Crippen molar-refractivity contribution in [3.05, 3.63) is 23.4 Å². The van der Waals surface area contributed by atoms with Gasteiger partial charge in [-0.25, -0.2) is 19.9 Å². The normalized spacial score (nSPS) is 10.5. The molecule has 0 amide bonds. The number of halogens is 1. The summed E-state index contributed by atoms with van der Waals surface area (Å²) < 4.78 is 0. The van der Waals surface area contributed by atoms with E-state index in [0.717, 1.165) is 5.69 Å². The summed E-state index contributed by atoms with van der Waals surface area (Å²) >= 11 is 5.76. The maximum atomic E-state index is 5.76. The summed E-state index contributed by atoms with van der Waals surface area (Å²) in [6.07, 6.45) is 3.01. The predicted molar refractivity (Wildman–Crippen MR) is 44.9 cm³/mol. The van der Waals surface area contributed by atoms with Crippen molar-refractivity contribution < 1.29 is 0 Å². The Morgan fingerprint density at radius 3 is 2.92 bits per heavy atom. The summed E-state index contributed by atoms with van der Waals surface area (Å²) in [7, 11) is 0. The van der Waals surface area contributed by atoms with Gasteiger partial charge < -0.3 is 0 Å². The molecule has 2 aromatic heterocycles. The average Bonchev–Trinajstić information content (AvgIpc) is 2.04. The van der Waals surface area contributed by atoms with Crippen LogP contribution >= 0.6 is 11.6 Å². The van der Waals surface area contributed by atoms with Gasteiger partial charge in [-0.15, -0.1) is 0 Å². The van der Waals surface area contributed by atoms with Crippen molar-refractivity contribution >= 4 is 22.8 Å². The van der Waals surface area contributed by atoms with Gasteiger partial charge >= 0.3 is 0 Å². The molecule has 0 aliphatic heterocycles. The smallest absolute Gasteiger partial charge is 0.183 e. The zero-order valence-electron chi connectivity index (χ0n) is 6.32. The molecule has 0 bridgehead atoms. The van der Waals surface area contributed by atoms with Crippen LogP contribution in [0.2, 0.25) is 5.15 Å². The molecule has 0 saturated carbocycles. The SMILES string of the molecule is Cc1cnc2c(Cl)ncnc2n1. The van der Waals surface area contributed by atoms with Crippen LogP contribution in [0.25, 0.3) is 11.2 Å². The second-order valence-corrected chi connectivity index (χ2v) is 2.71. The van der Waals surface area contributed by atoms with E-state index in [1.165, 1.54) is 6.33 Å². The number of nitrogens with zero attached hydrogens (tertiary/aromatic N) is 4. The summed E-state index contributed by atoms with van der Waals surface area (Å²) in [4.78, 5) is 15.9. The Morgan fingerprint density at radius 2 is 2.08 bits per heavy atom. The highest BCUT2D eigenvalue weighted by Gasteiger charge is 2.02. The molecular formula is C7H5ClN4. The fraction of sp³-hybridized carbons (Fsp3) is 0.143. The number of hydrogen-bond donors (Lipinski definition) is 0. The molecule has 0 fully saturated rings. The van der Waals surface area contributed by atoms with Crippen LogP contribution in [0, 0.1) is 6.92 Å². The zero-order chi connectivity index (χ0) is 8.55. The molecule has 2 rings (SSSR count). The van der Waals surface area contributed by atoms with Crippen molar-refractivity contribution in [2.24, 2.45) is 0 Å². The molecule has 12 heavy (non-hydrogen) atoms. The van der Waals surface area contributed by atoms with Crippen LogP contribution < -0.4 is 0 Å². The molecule has 0 atom stereocenters. The van der Waals surface area contributed by atoms with Gasteiger partial charge in [-0.05, 0) is 6.92 Å². The molecule has 5 heteroatoms. The van der Waals surface area contributed by atoms with E-state index >= 15 is 0 Å². The maximum Gasteiger partial charge on any atom is 0.183 e. The van der Waals surface area contributed by atoms with E-state index in [1.807, 2.05) is 6.92 Å². The Hall–Kier alpha value is -1.29. The lowest BCUT2D eigenvalue weighted by Gasteiger charge is -1.96. The second-order valence-electron chi connectivity index (χ2n) is 2.35. The molecule has 0 spiro atoms. The molecule has 0 unspecified atom stereocenters. The van der Waals surface area contributed by atoms with Crippen LogP contribution in [0.3, 0.4) is 0 Å². The Balaban J connectivity index is 2.86. The summed E-state index contributed by atoms with van der Waals surface area (Å²) in [5.41, 5.74) is 1.90. The average molecular weight is 181 g/mol. The quantitative estimate of drug-likeness (QED) is 0.575. The van der Waals surface area contributed by atoms with Crippen LogP contribution in [0.4, 0.5) is 0 Å². The molecule has 2 aromatic rings. The highest BCUT2D eigenvalue weighted by Crippen LogP contribution is 2.13. The monoisotopic (exact) mass is 180 g/mol. The van der Waals surface area contributed by atoms with E-state index in [-0.39, 0.29) is 0 Å². The molecule has 0 N–H and O–H groups in total. The first-order valence-electron chi connectivity index (χ1n) is 3.37. The minimum Gasteiger partial charge on any atom is -0.248 e. The van der Waals surface area contributed by atoms with Crippen molar-refractivity contribution in [3.8, 4) is 0 Å². The lowest BCUT2D eigenvalue weighted by atomic mass is 10.4.